The molecule has 3 fully saturated rings. The van der Waals surface area contributed by atoms with E-state index in [2.05, 4.69) is 15.5 Å². The van der Waals surface area contributed by atoms with Crippen LogP contribution in [-0.2, 0) is 19.1 Å². The van der Waals surface area contributed by atoms with Gasteiger partial charge in [0.15, 0.2) is 11.7 Å². The van der Waals surface area contributed by atoms with Crippen molar-refractivity contribution in [1.82, 2.24) is 5.32 Å². The lowest BCUT2D eigenvalue weighted by Gasteiger charge is -2.28. The molecule has 4 rings (SSSR count). The van der Waals surface area contributed by atoms with Crippen LogP contribution in [0.3, 0.4) is 0 Å². The average Bonchev–Trinajstić information content (AvgIpc) is 3.03. The Kier molecular flexibility index (Phi) is 6.13. The molecule has 1 saturated carbocycles. The van der Waals surface area contributed by atoms with Gasteiger partial charge in [0.1, 0.15) is 0 Å². The van der Waals surface area contributed by atoms with Gasteiger partial charge in [0.25, 0.3) is 0 Å². The Labute approximate surface area is 171 Å². The first kappa shape index (κ1) is 19.9. The van der Waals surface area contributed by atoms with Gasteiger partial charge >= 0.3 is 0 Å². The molecule has 0 radical (unpaired) electrons. The van der Waals surface area contributed by atoms with E-state index < -0.39 is 23.8 Å². The lowest BCUT2D eigenvalue weighted by atomic mass is 9.83. The van der Waals surface area contributed by atoms with Crippen LogP contribution in [0.1, 0.15) is 38.5 Å². The van der Waals surface area contributed by atoms with Gasteiger partial charge < -0.3 is 20.3 Å². The maximum Gasteiger partial charge on any atom is 0.244 e. The highest BCUT2D eigenvalue weighted by Crippen LogP contribution is 2.30. The smallest absolute Gasteiger partial charge is 0.244 e. The van der Waals surface area contributed by atoms with Crippen molar-refractivity contribution in [3.8, 4) is 0 Å². The number of Topliss-reactive ketones (excluding diaryl/α,β-unsaturated/α-hetero) is 1. The number of carbonyl (C=O) groups excluding carboxylic acids is 3. The largest absolute Gasteiger partial charge is 0.378 e. The molecule has 2 N–H and O–H groups in total. The third kappa shape index (κ3) is 4.61. The van der Waals surface area contributed by atoms with E-state index in [0.717, 1.165) is 31.6 Å². The van der Waals surface area contributed by atoms with E-state index >= 15 is 0 Å². The molecule has 0 spiro atoms. The molecule has 3 aliphatic rings. The van der Waals surface area contributed by atoms with Gasteiger partial charge in [0.2, 0.25) is 11.8 Å². The van der Waals surface area contributed by atoms with E-state index in [4.69, 9.17) is 4.74 Å². The highest BCUT2D eigenvalue weighted by atomic mass is 16.5. The number of benzene rings is 1. The summed E-state index contributed by atoms with van der Waals surface area (Å²) in [7, 11) is 0. The molecule has 2 amide bonds. The average molecular weight is 399 g/mol. The Morgan fingerprint density at radius 1 is 1.07 bits per heavy atom. The second kappa shape index (κ2) is 8.95. The number of hydrogen-bond donors (Lipinski definition) is 2. The lowest BCUT2D eigenvalue weighted by Crippen LogP contribution is -2.36. The van der Waals surface area contributed by atoms with Crippen LogP contribution in [0.2, 0.25) is 0 Å². The van der Waals surface area contributed by atoms with Crippen molar-refractivity contribution in [3.05, 3.63) is 24.3 Å². The van der Waals surface area contributed by atoms with Crippen LogP contribution in [0, 0.1) is 11.8 Å². The highest BCUT2D eigenvalue weighted by molar-refractivity contribution is 6.26. The molecule has 1 aromatic rings. The summed E-state index contributed by atoms with van der Waals surface area (Å²) in [5.74, 6) is -2.09. The Hall–Kier alpha value is -2.41. The zero-order valence-electron chi connectivity index (χ0n) is 16.7. The molecule has 2 unspecified atom stereocenters. The highest BCUT2D eigenvalue weighted by Gasteiger charge is 2.46. The molecule has 156 valence electrons. The fraction of sp³-hybridized carbons (Fsp3) is 0.591. The van der Waals surface area contributed by atoms with Crippen molar-refractivity contribution in [2.75, 3.05) is 36.5 Å². The van der Waals surface area contributed by atoms with Crippen molar-refractivity contribution < 1.29 is 19.1 Å². The summed E-state index contributed by atoms with van der Waals surface area (Å²) in [6.45, 7) is 3.09. The van der Waals surface area contributed by atoms with Crippen molar-refractivity contribution in [3.63, 3.8) is 0 Å². The SMILES string of the molecule is O=C(Nc1ccc(N2CCOCC2)cc1)C1C(=O)NC(CC2CCCCC2)C1=O. The summed E-state index contributed by atoms with van der Waals surface area (Å²) in [4.78, 5) is 39.9. The van der Waals surface area contributed by atoms with E-state index in [-0.39, 0.29) is 5.78 Å². The Bertz CT molecular complexity index is 752. The minimum Gasteiger partial charge on any atom is -0.378 e. The Balaban J connectivity index is 1.35. The zero-order valence-corrected chi connectivity index (χ0v) is 16.7. The summed E-state index contributed by atoms with van der Waals surface area (Å²) >= 11 is 0. The maximum atomic E-state index is 12.7. The van der Waals surface area contributed by atoms with Crippen molar-refractivity contribution in [2.24, 2.45) is 11.8 Å². The van der Waals surface area contributed by atoms with Gasteiger partial charge in [-0.1, -0.05) is 32.1 Å². The molecule has 7 heteroatoms. The van der Waals surface area contributed by atoms with E-state index in [1.54, 1.807) is 12.1 Å². The van der Waals surface area contributed by atoms with Crippen molar-refractivity contribution in [1.29, 1.82) is 0 Å². The number of carbonyl (C=O) groups is 3. The van der Waals surface area contributed by atoms with E-state index in [9.17, 15) is 14.4 Å². The number of ether oxygens (including phenoxy) is 1. The molecule has 2 saturated heterocycles. The van der Waals surface area contributed by atoms with Gasteiger partial charge in [-0.15, -0.1) is 0 Å². The topological polar surface area (TPSA) is 87.7 Å². The number of hydrogen-bond acceptors (Lipinski definition) is 5. The van der Waals surface area contributed by atoms with Crippen LogP contribution >= 0.6 is 0 Å². The van der Waals surface area contributed by atoms with Gasteiger partial charge in [0.05, 0.1) is 19.3 Å². The van der Waals surface area contributed by atoms with Crippen LogP contribution < -0.4 is 15.5 Å². The normalized spacial score (nSPS) is 25.7. The Morgan fingerprint density at radius 2 is 1.76 bits per heavy atom. The number of ketones is 1. The first-order valence-electron chi connectivity index (χ1n) is 10.7. The molecule has 1 aliphatic carbocycles. The molecular weight excluding hydrogens is 370 g/mol. The molecule has 0 aromatic heterocycles. The molecular formula is C22H29N3O4. The molecule has 0 bridgehead atoms. The number of morpholine rings is 1. The second-order valence-electron chi connectivity index (χ2n) is 8.27. The van der Waals surface area contributed by atoms with Gasteiger partial charge in [-0.25, -0.2) is 0 Å². The third-order valence-electron chi connectivity index (χ3n) is 6.27. The first-order valence-corrected chi connectivity index (χ1v) is 10.7. The predicted octanol–water partition coefficient (Wildman–Crippen LogP) is 2.12. The summed E-state index contributed by atoms with van der Waals surface area (Å²) in [6.07, 6.45) is 6.48. The fourth-order valence-electron chi connectivity index (χ4n) is 4.63. The minimum absolute atomic E-state index is 0.289. The summed E-state index contributed by atoms with van der Waals surface area (Å²) in [5, 5.41) is 5.49. The van der Waals surface area contributed by atoms with E-state index in [1.807, 2.05) is 12.1 Å². The standard InChI is InChI=1S/C22H29N3O4/c26-20-18(14-15-4-2-1-3-5-15)24-22(28)19(20)21(27)23-16-6-8-17(9-7-16)25-10-12-29-13-11-25/h6-9,15,18-19H,1-5,10-14H2,(H,23,27)(H,24,28). The summed E-state index contributed by atoms with van der Waals surface area (Å²) in [5.41, 5.74) is 1.65. The molecule has 2 heterocycles. The predicted molar refractivity (Wildman–Crippen MR) is 110 cm³/mol. The minimum atomic E-state index is -1.25. The van der Waals surface area contributed by atoms with Crippen LogP contribution in [0.5, 0.6) is 0 Å². The van der Waals surface area contributed by atoms with Gasteiger partial charge in [-0.05, 0) is 36.6 Å². The monoisotopic (exact) mass is 399 g/mol. The molecule has 7 nitrogen and oxygen atoms in total. The third-order valence-corrected chi connectivity index (χ3v) is 6.27. The second-order valence-corrected chi connectivity index (χ2v) is 8.27. The number of nitrogens with zero attached hydrogens (tertiary/aromatic N) is 1. The Morgan fingerprint density at radius 3 is 2.45 bits per heavy atom. The number of amides is 2. The van der Waals surface area contributed by atoms with Crippen molar-refractivity contribution in [2.45, 2.75) is 44.6 Å². The van der Waals surface area contributed by atoms with Crippen LogP contribution in [0.4, 0.5) is 11.4 Å². The summed E-state index contributed by atoms with van der Waals surface area (Å²) in [6, 6.07) is 6.95. The van der Waals surface area contributed by atoms with Gasteiger partial charge in [0, 0.05) is 24.5 Å². The molecule has 2 aliphatic heterocycles. The molecule has 29 heavy (non-hydrogen) atoms. The fourth-order valence-corrected chi connectivity index (χ4v) is 4.63. The number of rotatable bonds is 5. The van der Waals surface area contributed by atoms with Crippen LogP contribution in [0.25, 0.3) is 0 Å². The number of nitrogens with one attached hydrogen (secondary N) is 2. The quantitative estimate of drug-likeness (QED) is 0.741. The van der Waals surface area contributed by atoms with Gasteiger partial charge in [-0.2, -0.15) is 0 Å². The first-order chi connectivity index (χ1) is 14.1. The molecule has 1 aromatic carbocycles. The van der Waals surface area contributed by atoms with Crippen molar-refractivity contribution >= 4 is 29.0 Å². The van der Waals surface area contributed by atoms with Gasteiger partial charge in [-0.3, -0.25) is 14.4 Å². The zero-order chi connectivity index (χ0) is 20.2. The molecule has 2 atom stereocenters. The lowest BCUT2D eigenvalue weighted by molar-refractivity contribution is -0.135. The van der Waals surface area contributed by atoms with E-state index in [1.165, 1.54) is 19.3 Å². The maximum absolute atomic E-state index is 12.7. The van der Waals surface area contributed by atoms with Crippen LogP contribution in [0.15, 0.2) is 24.3 Å². The van der Waals surface area contributed by atoms with Crippen LogP contribution in [-0.4, -0.2) is 49.9 Å². The summed E-state index contributed by atoms with van der Waals surface area (Å²) < 4.78 is 5.36. The number of anilines is 2. The van der Waals surface area contributed by atoms with E-state index in [0.29, 0.717) is 31.2 Å².